The summed E-state index contributed by atoms with van der Waals surface area (Å²) >= 11 is 0. The summed E-state index contributed by atoms with van der Waals surface area (Å²) in [6.45, 7) is 1.45. The third-order valence-electron chi connectivity index (χ3n) is 3.89. The molecule has 0 aliphatic rings. The van der Waals surface area contributed by atoms with Crippen LogP contribution in [-0.2, 0) is 9.53 Å². The molecule has 134 valence electrons. The molecule has 2 aromatic carbocycles. The SMILES string of the molecule is CC(OC(=O)c1occc1-c1ccccc1)C(=O)Nc1ccccc1C#N. The van der Waals surface area contributed by atoms with Crippen LogP contribution in [0.25, 0.3) is 11.1 Å². The van der Waals surface area contributed by atoms with Crippen LogP contribution in [0.4, 0.5) is 5.69 Å². The summed E-state index contributed by atoms with van der Waals surface area (Å²) in [5, 5.41) is 11.7. The van der Waals surface area contributed by atoms with Crippen LogP contribution in [0, 0.1) is 11.3 Å². The first kappa shape index (κ1) is 18.0. The Bertz CT molecular complexity index is 1000. The summed E-state index contributed by atoms with van der Waals surface area (Å²) < 4.78 is 10.5. The number of furan rings is 1. The molecule has 6 nitrogen and oxygen atoms in total. The van der Waals surface area contributed by atoms with E-state index in [0.717, 1.165) is 5.56 Å². The second kappa shape index (κ2) is 8.02. The quantitative estimate of drug-likeness (QED) is 0.694. The summed E-state index contributed by atoms with van der Waals surface area (Å²) in [6.07, 6.45) is 0.324. The Morgan fingerprint density at radius 2 is 1.78 bits per heavy atom. The van der Waals surface area contributed by atoms with Gasteiger partial charge in [-0.1, -0.05) is 42.5 Å². The molecule has 3 aromatic rings. The van der Waals surface area contributed by atoms with Crippen molar-refractivity contribution in [3.63, 3.8) is 0 Å². The Kier molecular flexibility index (Phi) is 5.33. The minimum Gasteiger partial charge on any atom is -0.457 e. The monoisotopic (exact) mass is 360 g/mol. The lowest BCUT2D eigenvalue weighted by molar-refractivity contribution is -0.123. The number of nitriles is 1. The van der Waals surface area contributed by atoms with Crippen molar-refractivity contribution in [3.05, 3.63) is 78.3 Å². The van der Waals surface area contributed by atoms with E-state index in [1.807, 2.05) is 36.4 Å². The molecule has 0 radical (unpaired) electrons. The Labute approximate surface area is 156 Å². The van der Waals surface area contributed by atoms with E-state index in [4.69, 9.17) is 14.4 Å². The molecule has 1 N–H and O–H groups in total. The number of ether oxygens (including phenoxy) is 1. The molecule has 1 atom stereocenters. The van der Waals surface area contributed by atoms with Crippen molar-refractivity contribution >= 4 is 17.6 Å². The first-order chi connectivity index (χ1) is 13.1. The van der Waals surface area contributed by atoms with Crippen molar-refractivity contribution in [3.8, 4) is 17.2 Å². The van der Waals surface area contributed by atoms with Gasteiger partial charge in [0, 0.05) is 5.56 Å². The van der Waals surface area contributed by atoms with Gasteiger partial charge in [0.15, 0.2) is 6.10 Å². The van der Waals surface area contributed by atoms with Gasteiger partial charge >= 0.3 is 5.97 Å². The highest BCUT2D eigenvalue weighted by Gasteiger charge is 2.24. The average molecular weight is 360 g/mol. The van der Waals surface area contributed by atoms with Gasteiger partial charge in [0.2, 0.25) is 5.76 Å². The van der Waals surface area contributed by atoms with E-state index in [0.29, 0.717) is 16.8 Å². The lowest BCUT2D eigenvalue weighted by Gasteiger charge is -2.14. The van der Waals surface area contributed by atoms with Crippen LogP contribution < -0.4 is 5.32 Å². The standard InChI is InChI=1S/C21H16N2O4/c1-14(20(24)23-18-10-6-5-9-16(18)13-22)27-21(25)19-17(11-12-26-19)15-7-3-2-4-8-15/h2-12,14H,1H3,(H,23,24). The highest BCUT2D eigenvalue weighted by molar-refractivity contribution is 5.99. The first-order valence-corrected chi connectivity index (χ1v) is 8.24. The minimum absolute atomic E-state index is 0.0262. The zero-order valence-corrected chi connectivity index (χ0v) is 14.5. The van der Waals surface area contributed by atoms with Crippen molar-refractivity contribution in [2.45, 2.75) is 13.0 Å². The molecule has 0 bridgehead atoms. The fourth-order valence-corrected chi connectivity index (χ4v) is 2.50. The molecule has 0 fully saturated rings. The summed E-state index contributed by atoms with van der Waals surface area (Å²) in [4.78, 5) is 24.8. The maximum atomic E-state index is 12.4. The van der Waals surface area contributed by atoms with Gasteiger partial charge in [-0.05, 0) is 30.7 Å². The zero-order chi connectivity index (χ0) is 19.2. The largest absolute Gasteiger partial charge is 0.457 e. The number of esters is 1. The molecule has 0 aliphatic heterocycles. The van der Waals surface area contributed by atoms with E-state index in [-0.39, 0.29) is 5.76 Å². The number of hydrogen-bond acceptors (Lipinski definition) is 5. The van der Waals surface area contributed by atoms with E-state index in [1.54, 1.807) is 30.3 Å². The van der Waals surface area contributed by atoms with Crippen molar-refractivity contribution in [1.82, 2.24) is 0 Å². The van der Waals surface area contributed by atoms with Crippen LogP contribution in [0.5, 0.6) is 0 Å². The molecule has 27 heavy (non-hydrogen) atoms. The molecule has 0 saturated heterocycles. The fraction of sp³-hybridized carbons (Fsp3) is 0.0952. The Balaban J connectivity index is 1.71. The lowest BCUT2D eigenvalue weighted by Crippen LogP contribution is -2.30. The van der Waals surface area contributed by atoms with Gasteiger partial charge in [-0.2, -0.15) is 5.26 Å². The first-order valence-electron chi connectivity index (χ1n) is 8.24. The summed E-state index contributed by atoms with van der Waals surface area (Å²) in [5.41, 5.74) is 2.07. The smallest absolute Gasteiger partial charge is 0.375 e. The molecule has 6 heteroatoms. The highest BCUT2D eigenvalue weighted by atomic mass is 16.6. The number of carbonyl (C=O) groups excluding carboxylic acids is 2. The van der Waals surface area contributed by atoms with E-state index >= 15 is 0 Å². The van der Waals surface area contributed by atoms with Crippen LogP contribution >= 0.6 is 0 Å². The van der Waals surface area contributed by atoms with Gasteiger partial charge in [0.05, 0.1) is 17.5 Å². The van der Waals surface area contributed by atoms with Crippen molar-refractivity contribution in [2.24, 2.45) is 0 Å². The van der Waals surface area contributed by atoms with Crippen molar-refractivity contribution in [1.29, 1.82) is 5.26 Å². The van der Waals surface area contributed by atoms with E-state index in [2.05, 4.69) is 5.32 Å². The molecule has 1 amide bonds. The normalized spacial score (nSPS) is 11.3. The Hall–Kier alpha value is -3.85. The number of rotatable bonds is 5. The van der Waals surface area contributed by atoms with E-state index < -0.39 is 18.0 Å². The van der Waals surface area contributed by atoms with Gasteiger partial charge in [0.25, 0.3) is 5.91 Å². The molecule has 3 rings (SSSR count). The fourth-order valence-electron chi connectivity index (χ4n) is 2.50. The number of hydrogen-bond donors (Lipinski definition) is 1. The molecule has 1 aromatic heterocycles. The molecular weight excluding hydrogens is 344 g/mol. The van der Waals surface area contributed by atoms with Crippen LogP contribution in [-0.4, -0.2) is 18.0 Å². The molecule has 1 heterocycles. The summed E-state index contributed by atoms with van der Waals surface area (Å²) in [5.74, 6) is -1.26. The molecule has 0 spiro atoms. The number of para-hydroxylation sites is 1. The number of nitrogens with zero attached hydrogens (tertiary/aromatic N) is 1. The molecular formula is C21H16N2O4. The van der Waals surface area contributed by atoms with E-state index in [9.17, 15) is 9.59 Å². The summed E-state index contributed by atoms with van der Waals surface area (Å²) in [7, 11) is 0. The maximum absolute atomic E-state index is 12.4. The maximum Gasteiger partial charge on any atom is 0.375 e. The van der Waals surface area contributed by atoms with Gasteiger partial charge in [0.1, 0.15) is 6.07 Å². The Morgan fingerprint density at radius 1 is 1.07 bits per heavy atom. The second-order valence-electron chi connectivity index (χ2n) is 5.72. The average Bonchev–Trinajstić information content (AvgIpc) is 3.19. The molecule has 0 saturated carbocycles. The topological polar surface area (TPSA) is 92.3 Å². The minimum atomic E-state index is -1.07. The number of amides is 1. The Morgan fingerprint density at radius 3 is 2.52 bits per heavy atom. The molecule has 1 unspecified atom stereocenters. The van der Waals surface area contributed by atoms with Gasteiger partial charge < -0.3 is 14.5 Å². The van der Waals surface area contributed by atoms with Crippen LogP contribution in [0.15, 0.2) is 71.3 Å². The number of carbonyl (C=O) groups is 2. The third kappa shape index (κ3) is 4.05. The van der Waals surface area contributed by atoms with Gasteiger partial charge in [-0.3, -0.25) is 4.79 Å². The number of anilines is 1. The molecule has 0 aliphatic carbocycles. The van der Waals surface area contributed by atoms with Crippen LogP contribution in [0.2, 0.25) is 0 Å². The number of nitrogens with one attached hydrogen (secondary N) is 1. The van der Waals surface area contributed by atoms with Gasteiger partial charge in [-0.25, -0.2) is 4.79 Å². The number of benzene rings is 2. The van der Waals surface area contributed by atoms with Crippen LogP contribution in [0.1, 0.15) is 23.0 Å². The highest BCUT2D eigenvalue weighted by Crippen LogP contribution is 2.25. The zero-order valence-electron chi connectivity index (χ0n) is 14.5. The lowest BCUT2D eigenvalue weighted by atomic mass is 10.1. The second-order valence-corrected chi connectivity index (χ2v) is 5.72. The predicted molar refractivity (Wildman–Crippen MR) is 98.8 cm³/mol. The summed E-state index contributed by atoms with van der Waals surface area (Å²) in [6, 6.07) is 19.5. The van der Waals surface area contributed by atoms with Crippen molar-refractivity contribution in [2.75, 3.05) is 5.32 Å². The van der Waals surface area contributed by atoms with E-state index in [1.165, 1.54) is 13.2 Å². The van der Waals surface area contributed by atoms with Crippen molar-refractivity contribution < 1.29 is 18.7 Å². The van der Waals surface area contributed by atoms with Gasteiger partial charge in [-0.15, -0.1) is 0 Å². The third-order valence-corrected chi connectivity index (χ3v) is 3.89. The van der Waals surface area contributed by atoms with Crippen LogP contribution in [0.3, 0.4) is 0 Å². The predicted octanol–water partition coefficient (Wildman–Crippen LogP) is 4.00.